The molecule has 8 aromatic carbocycles. The highest BCUT2D eigenvalue weighted by Crippen LogP contribution is 2.42. The summed E-state index contributed by atoms with van der Waals surface area (Å²) in [6, 6.07) is 12.4. The Bertz CT molecular complexity index is 3260. The SMILES string of the molecule is [2H]c1c([2H])c([2H])c(-c2c([2H])c([2H])c(-c3c4ccccc4c(Cc4cccc5oc6c([2H])c7c([2H])c([2H])c([2H])c([2H])c7c([2H])c6c45)c4ccccc34)c([2H])c2[2H])c([2H])c1[2H]. The molecule has 0 fully saturated rings. The highest BCUT2D eigenvalue weighted by molar-refractivity contribution is 6.16. The molecule has 0 atom stereocenters. The summed E-state index contributed by atoms with van der Waals surface area (Å²) in [6.07, 6.45) is 0.244. The molecule has 0 radical (unpaired) electrons. The fraction of sp³-hybridized carbons (Fsp3) is 0.0233. The molecule has 1 heteroatoms. The van der Waals surface area contributed by atoms with Gasteiger partial charge in [-0.3, -0.25) is 0 Å². The summed E-state index contributed by atoms with van der Waals surface area (Å²) in [4.78, 5) is 0. The maximum absolute atomic E-state index is 9.30. The van der Waals surface area contributed by atoms with Crippen molar-refractivity contribution in [3.05, 3.63) is 168 Å². The van der Waals surface area contributed by atoms with Gasteiger partial charge in [0.15, 0.2) is 0 Å². The molecule has 0 saturated carbocycles. The smallest absolute Gasteiger partial charge is 0.136 e. The Kier molecular flexibility index (Phi) is 3.22. The molecule has 0 amide bonds. The van der Waals surface area contributed by atoms with E-state index in [0.29, 0.717) is 43.6 Å². The molecular weight excluding hydrogens is 532 g/mol. The fourth-order valence-electron chi connectivity index (χ4n) is 6.12. The standard InChI is InChI=1S/C43H28O/c1-2-11-28(12-3-1)29-21-23-30(24-22-29)42-36-18-8-6-16-34(36)38(35-17-7-9-19-37(35)42)26-33-15-10-20-40-43(33)39-25-31-13-4-5-14-32(31)27-41(39)44-40/h1-25,27H,26H2/i1D,2D,3D,4D,5D,11D,12D,13D,14D,21D,22D,23D,24D,25D,27D. The van der Waals surface area contributed by atoms with E-state index in [9.17, 15) is 4.11 Å². The first kappa shape index (κ1) is 14.2. The number of hydrogen-bond donors (Lipinski definition) is 0. The maximum atomic E-state index is 9.30. The number of benzene rings is 8. The molecule has 0 aliphatic carbocycles. The van der Waals surface area contributed by atoms with E-state index in [1.807, 2.05) is 42.5 Å². The molecule has 1 nitrogen and oxygen atoms in total. The van der Waals surface area contributed by atoms with Gasteiger partial charge in [0, 0.05) is 10.8 Å². The molecule has 9 rings (SSSR count). The Morgan fingerprint density at radius 1 is 0.477 bits per heavy atom. The van der Waals surface area contributed by atoms with Crippen LogP contribution < -0.4 is 0 Å². The van der Waals surface area contributed by atoms with Crippen LogP contribution in [-0.4, -0.2) is 0 Å². The van der Waals surface area contributed by atoms with Gasteiger partial charge in [-0.15, -0.1) is 0 Å². The van der Waals surface area contributed by atoms with Gasteiger partial charge in [-0.2, -0.15) is 0 Å². The number of hydrogen-bond acceptors (Lipinski definition) is 1. The monoisotopic (exact) mass is 575 g/mol. The second kappa shape index (κ2) is 9.97. The van der Waals surface area contributed by atoms with E-state index in [1.165, 1.54) is 0 Å². The molecule has 0 saturated heterocycles. The Morgan fingerprint density at radius 3 is 1.77 bits per heavy atom. The lowest BCUT2D eigenvalue weighted by atomic mass is 9.85. The van der Waals surface area contributed by atoms with E-state index in [0.717, 1.165) is 5.56 Å². The maximum Gasteiger partial charge on any atom is 0.136 e. The van der Waals surface area contributed by atoms with Crippen molar-refractivity contribution in [2.45, 2.75) is 6.42 Å². The van der Waals surface area contributed by atoms with Crippen molar-refractivity contribution in [3.8, 4) is 22.3 Å². The minimum Gasteiger partial charge on any atom is -0.456 e. The summed E-state index contributed by atoms with van der Waals surface area (Å²) in [5.74, 6) is 0. The largest absolute Gasteiger partial charge is 0.456 e. The van der Waals surface area contributed by atoms with Gasteiger partial charge in [0.2, 0.25) is 0 Å². The highest BCUT2D eigenvalue weighted by Gasteiger charge is 2.18. The Hall–Kier alpha value is -5.66. The molecule has 1 aromatic heterocycles. The highest BCUT2D eigenvalue weighted by atomic mass is 16.3. The number of rotatable bonds is 4. The summed E-state index contributed by atoms with van der Waals surface area (Å²) >= 11 is 0. The van der Waals surface area contributed by atoms with E-state index < -0.39 is 89.7 Å². The quantitative estimate of drug-likeness (QED) is 0.190. The molecular formula is C43H28O. The zero-order chi connectivity index (χ0) is 42.1. The van der Waals surface area contributed by atoms with E-state index in [2.05, 4.69) is 0 Å². The third kappa shape index (κ3) is 3.94. The first-order valence-corrected chi connectivity index (χ1v) is 14.0. The van der Waals surface area contributed by atoms with Crippen LogP contribution in [0.4, 0.5) is 0 Å². The van der Waals surface area contributed by atoms with Gasteiger partial charge in [-0.05, 0) is 90.3 Å². The van der Waals surface area contributed by atoms with Crippen LogP contribution in [0.5, 0.6) is 0 Å². The van der Waals surface area contributed by atoms with Crippen LogP contribution in [-0.2, 0) is 6.42 Å². The van der Waals surface area contributed by atoms with Gasteiger partial charge in [-0.1, -0.05) is 139 Å². The molecule has 0 bridgehead atoms. The average molecular weight is 576 g/mol. The van der Waals surface area contributed by atoms with Crippen molar-refractivity contribution in [2.75, 3.05) is 0 Å². The van der Waals surface area contributed by atoms with Crippen LogP contribution in [0.3, 0.4) is 0 Å². The third-order valence-corrected chi connectivity index (χ3v) is 8.01. The molecule has 0 aliphatic rings. The van der Waals surface area contributed by atoms with Gasteiger partial charge in [-0.25, -0.2) is 0 Å². The van der Waals surface area contributed by atoms with E-state index in [-0.39, 0.29) is 45.8 Å². The summed E-state index contributed by atoms with van der Waals surface area (Å²) in [6.45, 7) is 0. The van der Waals surface area contributed by atoms with Crippen molar-refractivity contribution >= 4 is 54.3 Å². The first-order chi connectivity index (χ1) is 28.1. The number of fused-ring (bicyclic) bond motifs is 6. The van der Waals surface area contributed by atoms with Crippen molar-refractivity contribution in [2.24, 2.45) is 0 Å². The van der Waals surface area contributed by atoms with Gasteiger partial charge >= 0.3 is 0 Å². The summed E-state index contributed by atoms with van der Waals surface area (Å²) in [5.41, 5.74) is 1.44. The lowest BCUT2D eigenvalue weighted by molar-refractivity contribution is 0.669. The minimum absolute atomic E-state index is 0.0236. The molecule has 44 heavy (non-hydrogen) atoms. The molecule has 206 valence electrons. The molecule has 0 unspecified atom stereocenters. The second-order valence-electron chi connectivity index (χ2n) is 10.5. The molecule has 0 aliphatic heterocycles. The summed E-state index contributed by atoms with van der Waals surface area (Å²) in [5, 5.41) is 3.19. The van der Waals surface area contributed by atoms with Gasteiger partial charge < -0.3 is 4.42 Å². The van der Waals surface area contributed by atoms with Crippen LogP contribution >= 0.6 is 0 Å². The predicted molar refractivity (Wildman–Crippen MR) is 186 cm³/mol. The van der Waals surface area contributed by atoms with Gasteiger partial charge in [0.25, 0.3) is 0 Å². The summed E-state index contributed by atoms with van der Waals surface area (Å²) in [7, 11) is 0. The minimum atomic E-state index is -0.658. The van der Waals surface area contributed by atoms with Crippen molar-refractivity contribution < 1.29 is 25.0 Å². The third-order valence-electron chi connectivity index (χ3n) is 8.01. The zero-order valence-electron chi connectivity index (χ0n) is 38.0. The van der Waals surface area contributed by atoms with E-state index in [4.69, 9.17) is 20.9 Å². The molecule has 9 aromatic rings. The average Bonchev–Trinajstić information content (AvgIpc) is 3.64. The van der Waals surface area contributed by atoms with E-state index in [1.54, 1.807) is 24.3 Å². The normalized spacial score (nSPS) is 16.5. The van der Waals surface area contributed by atoms with Crippen LogP contribution in [0.15, 0.2) is 162 Å². The predicted octanol–water partition coefficient (Wildman–Crippen LogP) is 12.0. The Labute approximate surface area is 276 Å². The van der Waals surface area contributed by atoms with Crippen molar-refractivity contribution in [1.82, 2.24) is 0 Å². The second-order valence-corrected chi connectivity index (χ2v) is 10.5. The zero-order valence-corrected chi connectivity index (χ0v) is 23.0. The van der Waals surface area contributed by atoms with Crippen LogP contribution in [0, 0.1) is 0 Å². The van der Waals surface area contributed by atoms with Gasteiger partial charge in [0.1, 0.15) is 11.2 Å². The number of furan rings is 1. The fourth-order valence-corrected chi connectivity index (χ4v) is 6.12. The summed E-state index contributed by atoms with van der Waals surface area (Å²) < 4.78 is 136. The van der Waals surface area contributed by atoms with Crippen molar-refractivity contribution in [3.63, 3.8) is 0 Å². The topological polar surface area (TPSA) is 13.1 Å². The van der Waals surface area contributed by atoms with Crippen LogP contribution in [0.25, 0.3) is 76.5 Å². The van der Waals surface area contributed by atoms with Gasteiger partial charge in [0.05, 0.1) is 20.6 Å². The van der Waals surface area contributed by atoms with Crippen molar-refractivity contribution in [1.29, 1.82) is 0 Å². The molecule has 1 heterocycles. The lowest BCUT2D eigenvalue weighted by Gasteiger charge is -2.18. The van der Waals surface area contributed by atoms with Crippen LogP contribution in [0.2, 0.25) is 0 Å². The lowest BCUT2D eigenvalue weighted by Crippen LogP contribution is -1.96. The first-order valence-electron chi connectivity index (χ1n) is 21.5. The van der Waals surface area contributed by atoms with E-state index >= 15 is 0 Å². The Balaban J connectivity index is 1.32. The molecule has 0 spiro atoms. The molecule has 0 N–H and O–H groups in total. The van der Waals surface area contributed by atoms with Crippen LogP contribution in [0.1, 0.15) is 31.7 Å². The Morgan fingerprint density at radius 2 is 1.07 bits per heavy atom.